The lowest BCUT2D eigenvalue weighted by molar-refractivity contribution is 0.959. The van der Waals surface area contributed by atoms with Gasteiger partial charge in [-0.2, -0.15) is 0 Å². The maximum atomic E-state index is 4.54. The summed E-state index contributed by atoms with van der Waals surface area (Å²) >= 11 is 0. The number of dihydropyridines is 1. The third kappa shape index (κ3) is 5.55. The third-order valence-electron chi connectivity index (χ3n) is 5.94. The number of fused-ring (bicyclic) bond motifs is 1. The maximum absolute atomic E-state index is 4.54. The Bertz CT molecular complexity index is 1370. The molecule has 1 aliphatic rings. The van der Waals surface area contributed by atoms with E-state index in [9.17, 15) is 0 Å². The molecule has 0 atom stereocenters. The van der Waals surface area contributed by atoms with Gasteiger partial charge in [-0.3, -0.25) is 4.98 Å². The van der Waals surface area contributed by atoms with Gasteiger partial charge in [-0.1, -0.05) is 12.1 Å². The molecule has 0 saturated heterocycles. The first-order valence-electron chi connectivity index (χ1n) is 11.8. The number of benzene rings is 3. The van der Waals surface area contributed by atoms with Crippen LogP contribution in [-0.2, 0) is 6.54 Å². The summed E-state index contributed by atoms with van der Waals surface area (Å²) in [6.45, 7) is 1.60. The number of hydrogen-bond acceptors (Lipinski definition) is 6. The second kappa shape index (κ2) is 10.2. The van der Waals surface area contributed by atoms with E-state index in [1.54, 1.807) is 0 Å². The highest BCUT2D eigenvalue weighted by atomic mass is 15.1. The molecule has 0 saturated carbocycles. The molecule has 35 heavy (non-hydrogen) atoms. The van der Waals surface area contributed by atoms with Gasteiger partial charge in [0.2, 0.25) is 0 Å². The van der Waals surface area contributed by atoms with Gasteiger partial charge in [0.25, 0.3) is 0 Å². The van der Waals surface area contributed by atoms with Crippen LogP contribution in [0.2, 0.25) is 0 Å². The van der Waals surface area contributed by atoms with Crippen molar-refractivity contribution in [2.75, 3.05) is 41.5 Å². The first-order valence-corrected chi connectivity index (χ1v) is 11.8. The lowest BCUT2D eigenvalue weighted by atomic mass is 10.1. The number of aromatic nitrogens is 1. The molecule has 5 rings (SSSR count). The second-order valence-electron chi connectivity index (χ2n) is 8.74. The molecule has 0 bridgehead atoms. The van der Waals surface area contributed by atoms with Gasteiger partial charge in [0.1, 0.15) is 0 Å². The summed E-state index contributed by atoms with van der Waals surface area (Å²) in [7, 11) is 4.08. The Morgan fingerprint density at radius 2 is 1.74 bits per heavy atom. The standard InChI is InChI=1S/C29H30N6/c1-35(2)26-10-11-27-28(14-17-31-29(27)19-26)34-23-8-6-22(7-9-23)32-20-21-4-3-5-25(18-21)33-24-12-15-30-16-13-24/h3-15,17-19,30,32-33H,16,20H2,1-2H3,(H,31,34). The van der Waals surface area contributed by atoms with E-state index in [0.29, 0.717) is 0 Å². The van der Waals surface area contributed by atoms with Crippen LogP contribution in [0.3, 0.4) is 0 Å². The lowest BCUT2D eigenvalue weighted by Gasteiger charge is -2.15. The van der Waals surface area contributed by atoms with Crippen LogP contribution in [-0.4, -0.2) is 25.6 Å². The summed E-state index contributed by atoms with van der Waals surface area (Å²) in [5.74, 6) is 0. The molecule has 0 radical (unpaired) electrons. The molecule has 2 heterocycles. The van der Waals surface area contributed by atoms with E-state index in [0.717, 1.165) is 58.1 Å². The molecule has 0 aliphatic carbocycles. The van der Waals surface area contributed by atoms with Crippen LogP contribution < -0.4 is 26.2 Å². The van der Waals surface area contributed by atoms with E-state index >= 15 is 0 Å². The van der Waals surface area contributed by atoms with Crippen molar-refractivity contribution >= 4 is 39.3 Å². The van der Waals surface area contributed by atoms with Crippen molar-refractivity contribution in [1.29, 1.82) is 0 Å². The van der Waals surface area contributed by atoms with Gasteiger partial charge in [0.05, 0.1) is 5.52 Å². The van der Waals surface area contributed by atoms with Crippen molar-refractivity contribution in [1.82, 2.24) is 10.3 Å². The molecule has 3 aromatic carbocycles. The Hall–Kier alpha value is -4.45. The van der Waals surface area contributed by atoms with Crippen molar-refractivity contribution in [2.45, 2.75) is 6.54 Å². The first kappa shape index (κ1) is 22.3. The van der Waals surface area contributed by atoms with Gasteiger partial charge in [-0.25, -0.2) is 0 Å². The number of nitrogens with zero attached hydrogens (tertiary/aromatic N) is 2. The number of hydrogen-bond donors (Lipinski definition) is 4. The molecule has 1 aromatic heterocycles. The molecular weight excluding hydrogens is 432 g/mol. The highest BCUT2D eigenvalue weighted by Gasteiger charge is 2.05. The maximum Gasteiger partial charge on any atom is 0.0743 e. The van der Waals surface area contributed by atoms with Crippen LogP contribution in [0, 0.1) is 0 Å². The zero-order valence-corrected chi connectivity index (χ0v) is 20.0. The smallest absolute Gasteiger partial charge is 0.0743 e. The topological polar surface area (TPSA) is 64.2 Å². The van der Waals surface area contributed by atoms with Crippen molar-refractivity contribution < 1.29 is 0 Å². The molecular formula is C29H30N6. The average molecular weight is 463 g/mol. The lowest BCUT2D eigenvalue weighted by Crippen LogP contribution is -2.12. The van der Waals surface area contributed by atoms with Crippen LogP contribution in [0.15, 0.2) is 103 Å². The minimum absolute atomic E-state index is 0.752. The Morgan fingerprint density at radius 1 is 0.886 bits per heavy atom. The van der Waals surface area contributed by atoms with Crippen LogP contribution in [0.25, 0.3) is 10.9 Å². The number of anilines is 5. The summed E-state index contributed by atoms with van der Waals surface area (Å²) in [4.78, 5) is 6.63. The van der Waals surface area contributed by atoms with E-state index in [4.69, 9.17) is 0 Å². The summed E-state index contributed by atoms with van der Waals surface area (Å²) in [6.07, 6.45) is 7.99. The van der Waals surface area contributed by atoms with E-state index < -0.39 is 0 Å². The predicted molar refractivity (Wildman–Crippen MR) is 148 cm³/mol. The summed E-state index contributed by atoms with van der Waals surface area (Å²) < 4.78 is 0. The molecule has 0 unspecified atom stereocenters. The minimum Gasteiger partial charge on any atom is -0.387 e. The van der Waals surface area contributed by atoms with Gasteiger partial charge in [0.15, 0.2) is 0 Å². The summed E-state index contributed by atoms with van der Waals surface area (Å²) in [6, 6.07) is 25.2. The fraction of sp³-hybridized carbons (Fsp3) is 0.138. The van der Waals surface area contributed by atoms with Gasteiger partial charge in [-0.05, 0) is 84.6 Å². The molecule has 0 spiro atoms. The van der Waals surface area contributed by atoms with Crippen LogP contribution in [0.5, 0.6) is 0 Å². The van der Waals surface area contributed by atoms with E-state index in [-0.39, 0.29) is 0 Å². The average Bonchev–Trinajstić information content (AvgIpc) is 2.89. The zero-order valence-electron chi connectivity index (χ0n) is 20.0. The molecule has 4 N–H and O–H groups in total. The number of allylic oxidation sites excluding steroid dienone is 1. The fourth-order valence-electron chi connectivity index (χ4n) is 4.03. The van der Waals surface area contributed by atoms with Gasteiger partial charge < -0.3 is 26.2 Å². The predicted octanol–water partition coefficient (Wildman–Crippen LogP) is 6.07. The quantitative estimate of drug-likeness (QED) is 0.255. The molecule has 4 aromatic rings. The molecule has 1 aliphatic heterocycles. The fourth-order valence-corrected chi connectivity index (χ4v) is 4.03. The van der Waals surface area contributed by atoms with Crippen LogP contribution in [0.4, 0.5) is 28.4 Å². The molecule has 176 valence electrons. The van der Waals surface area contributed by atoms with Crippen LogP contribution in [0.1, 0.15) is 5.56 Å². The minimum atomic E-state index is 0.752. The highest BCUT2D eigenvalue weighted by molar-refractivity contribution is 5.94. The monoisotopic (exact) mass is 462 g/mol. The number of nitrogens with one attached hydrogen (secondary N) is 4. The Labute approximate surface area is 206 Å². The Morgan fingerprint density at radius 3 is 2.54 bits per heavy atom. The van der Waals surface area contributed by atoms with Crippen molar-refractivity contribution in [2.24, 2.45) is 0 Å². The molecule has 6 nitrogen and oxygen atoms in total. The first-order chi connectivity index (χ1) is 17.1. The summed E-state index contributed by atoms with van der Waals surface area (Å²) in [5, 5.41) is 14.8. The largest absolute Gasteiger partial charge is 0.387 e. The van der Waals surface area contributed by atoms with Gasteiger partial charge >= 0.3 is 0 Å². The van der Waals surface area contributed by atoms with Crippen LogP contribution >= 0.6 is 0 Å². The van der Waals surface area contributed by atoms with E-state index in [1.807, 2.05) is 38.6 Å². The zero-order chi connectivity index (χ0) is 24.0. The number of rotatable bonds is 8. The van der Waals surface area contributed by atoms with E-state index in [2.05, 4.69) is 104 Å². The SMILES string of the molecule is CN(C)c1ccc2c(Nc3ccc(NCc4cccc(NC5=CCNC=C5)c4)cc3)ccnc2c1. The van der Waals surface area contributed by atoms with Gasteiger partial charge in [0, 0.05) is 72.9 Å². The molecule has 6 heteroatoms. The Balaban J connectivity index is 1.22. The Kier molecular flexibility index (Phi) is 6.52. The molecule has 0 fully saturated rings. The van der Waals surface area contributed by atoms with Gasteiger partial charge in [-0.15, -0.1) is 0 Å². The second-order valence-corrected chi connectivity index (χ2v) is 8.74. The normalized spacial score (nSPS) is 12.6. The number of pyridine rings is 1. The van der Waals surface area contributed by atoms with E-state index in [1.165, 1.54) is 5.56 Å². The molecule has 0 amide bonds. The highest BCUT2D eigenvalue weighted by Crippen LogP contribution is 2.28. The van der Waals surface area contributed by atoms with Crippen molar-refractivity contribution in [3.8, 4) is 0 Å². The van der Waals surface area contributed by atoms with Crippen molar-refractivity contribution in [3.63, 3.8) is 0 Å². The third-order valence-corrected chi connectivity index (χ3v) is 5.94. The van der Waals surface area contributed by atoms with Crippen molar-refractivity contribution in [3.05, 3.63) is 109 Å². The summed E-state index contributed by atoms with van der Waals surface area (Å²) in [5.41, 5.74) is 8.69.